The number of anilines is 1. The summed E-state index contributed by atoms with van der Waals surface area (Å²) in [5.74, 6) is 0.877. The molecule has 10 heteroatoms. The molecule has 1 unspecified atom stereocenters. The Hall–Kier alpha value is -3.17. The third-order valence-corrected chi connectivity index (χ3v) is 6.81. The molecule has 3 aromatic rings. The van der Waals surface area contributed by atoms with Crippen molar-refractivity contribution in [3.8, 4) is 5.82 Å². The van der Waals surface area contributed by atoms with E-state index in [1.807, 2.05) is 27.8 Å². The summed E-state index contributed by atoms with van der Waals surface area (Å²) in [6.45, 7) is 3.43. The Labute approximate surface area is 196 Å². The van der Waals surface area contributed by atoms with Gasteiger partial charge in [0.25, 0.3) is 5.91 Å². The molecule has 0 aliphatic carbocycles. The predicted octanol–water partition coefficient (Wildman–Crippen LogP) is 3.82. The number of fused-ring (bicyclic) bond motifs is 1. The van der Waals surface area contributed by atoms with Crippen LogP contribution in [0.3, 0.4) is 0 Å². The number of benzene rings is 1. The molecule has 0 bridgehead atoms. The number of likely N-dealkylation sites (N-methyl/N-ethyl adjacent to an activating group) is 1. The van der Waals surface area contributed by atoms with Gasteiger partial charge in [0.1, 0.15) is 18.0 Å². The minimum Gasteiger partial charge on any atom is -0.465 e. The molecular formula is C23H25ClN6O3. The number of nitrogens with one attached hydrogen (secondary N) is 1. The lowest BCUT2D eigenvalue weighted by Crippen LogP contribution is -2.43. The molecule has 172 valence electrons. The Morgan fingerprint density at radius 2 is 2.00 bits per heavy atom. The second kappa shape index (κ2) is 8.64. The Morgan fingerprint density at radius 3 is 2.70 bits per heavy atom. The minimum absolute atomic E-state index is 0.000827. The molecule has 1 atom stereocenters. The summed E-state index contributed by atoms with van der Waals surface area (Å²) >= 11 is 6.80. The number of hydrogen-bond donors (Lipinski definition) is 2. The highest BCUT2D eigenvalue weighted by atomic mass is 35.5. The number of carboxylic acid groups (broad SMARTS) is 1. The predicted molar refractivity (Wildman–Crippen MR) is 126 cm³/mol. The minimum atomic E-state index is -1.20. The van der Waals surface area contributed by atoms with Gasteiger partial charge in [-0.3, -0.25) is 10.1 Å². The van der Waals surface area contributed by atoms with Crippen molar-refractivity contribution in [2.45, 2.75) is 25.2 Å². The van der Waals surface area contributed by atoms with E-state index >= 15 is 0 Å². The van der Waals surface area contributed by atoms with Crippen molar-refractivity contribution >= 4 is 40.3 Å². The number of carbonyl (C=O) groups excluding carboxylic acids is 1. The average molecular weight is 469 g/mol. The van der Waals surface area contributed by atoms with E-state index < -0.39 is 6.09 Å². The summed E-state index contributed by atoms with van der Waals surface area (Å²) in [4.78, 5) is 36.9. The summed E-state index contributed by atoms with van der Waals surface area (Å²) < 4.78 is 1.85. The van der Waals surface area contributed by atoms with Gasteiger partial charge in [0.05, 0.1) is 16.1 Å². The highest BCUT2D eigenvalue weighted by Gasteiger charge is 2.32. The smallest absolute Gasteiger partial charge is 0.410 e. The van der Waals surface area contributed by atoms with E-state index in [0.29, 0.717) is 16.4 Å². The first-order valence-electron chi connectivity index (χ1n) is 11.1. The molecule has 2 aliphatic heterocycles. The second-order valence-electron chi connectivity index (χ2n) is 8.70. The first kappa shape index (κ1) is 21.7. The number of aromatic nitrogens is 3. The van der Waals surface area contributed by atoms with Crippen LogP contribution < -0.4 is 5.32 Å². The quantitative estimate of drug-likeness (QED) is 0.603. The van der Waals surface area contributed by atoms with Gasteiger partial charge in [-0.15, -0.1) is 0 Å². The molecular weight excluding hydrogens is 444 g/mol. The van der Waals surface area contributed by atoms with Crippen molar-refractivity contribution in [2.24, 2.45) is 0 Å². The van der Waals surface area contributed by atoms with Crippen molar-refractivity contribution in [1.82, 2.24) is 24.3 Å². The van der Waals surface area contributed by atoms with Crippen LogP contribution in [-0.4, -0.2) is 74.7 Å². The third kappa shape index (κ3) is 4.02. The van der Waals surface area contributed by atoms with Crippen LogP contribution in [0.15, 0.2) is 30.7 Å². The van der Waals surface area contributed by atoms with E-state index in [0.717, 1.165) is 61.9 Å². The lowest BCUT2D eigenvalue weighted by atomic mass is 9.85. The van der Waals surface area contributed by atoms with E-state index in [4.69, 9.17) is 16.7 Å². The Bertz CT molecular complexity index is 1240. The molecule has 0 saturated carbocycles. The Kier molecular flexibility index (Phi) is 5.67. The van der Waals surface area contributed by atoms with Crippen LogP contribution in [0, 0.1) is 0 Å². The maximum Gasteiger partial charge on any atom is 0.410 e. The molecule has 0 radical (unpaired) electrons. The van der Waals surface area contributed by atoms with Crippen molar-refractivity contribution in [3.63, 3.8) is 0 Å². The van der Waals surface area contributed by atoms with Crippen molar-refractivity contribution in [1.29, 1.82) is 0 Å². The van der Waals surface area contributed by atoms with Gasteiger partial charge in [0.15, 0.2) is 0 Å². The monoisotopic (exact) mass is 468 g/mol. The number of halogens is 1. The second-order valence-corrected chi connectivity index (χ2v) is 9.11. The van der Waals surface area contributed by atoms with Gasteiger partial charge in [-0.1, -0.05) is 11.6 Å². The van der Waals surface area contributed by atoms with Crippen LogP contribution in [-0.2, 0) is 0 Å². The van der Waals surface area contributed by atoms with E-state index in [-0.39, 0.29) is 17.6 Å². The summed E-state index contributed by atoms with van der Waals surface area (Å²) in [6, 6.07) is 5.37. The number of nitrogens with zero attached hydrogens (tertiary/aromatic N) is 5. The fraction of sp³-hybridized carbons (Fsp3) is 0.391. The highest BCUT2D eigenvalue weighted by Crippen LogP contribution is 2.40. The molecule has 5 rings (SSSR count). The first-order valence-corrected chi connectivity index (χ1v) is 11.4. The molecule has 2 N–H and O–H groups in total. The number of hydrogen-bond acceptors (Lipinski definition) is 5. The van der Waals surface area contributed by atoms with E-state index in [1.165, 1.54) is 6.33 Å². The van der Waals surface area contributed by atoms with Crippen LogP contribution >= 0.6 is 11.6 Å². The van der Waals surface area contributed by atoms with Crippen LogP contribution in [0.5, 0.6) is 0 Å². The number of carbonyl (C=O) groups is 2. The number of amides is 2. The number of rotatable bonds is 4. The fourth-order valence-electron chi connectivity index (χ4n) is 4.85. The Morgan fingerprint density at radius 1 is 1.18 bits per heavy atom. The van der Waals surface area contributed by atoms with Crippen molar-refractivity contribution in [2.75, 3.05) is 38.5 Å². The zero-order chi connectivity index (χ0) is 23.1. The molecule has 2 amide bonds. The van der Waals surface area contributed by atoms with Gasteiger partial charge in [0, 0.05) is 37.3 Å². The lowest BCUT2D eigenvalue weighted by Gasteiger charge is -2.35. The van der Waals surface area contributed by atoms with Gasteiger partial charge in [-0.25, -0.2) is 14.8 Å². The molecule has 1 aromatic carbocycles. The largest absolute Gasteiger partial charge is 0.465 e. The first-order chi connectivity index (χ1) is 15.9. The van der Waals surface area contributed by atoms with Gasteiger partial charge in [-0.2, -0.15) is 0 Å². The summed E-state index contributed by atoms with van der Waals surface area (Å²) in [7, 11) is 2.11. The van der Waals surface area contributed by atoms with Crippen LogP contribution in [0.25, 0.3) is 16.7 Å². The lowest BCUT2D eigenvalue weighted by molar-refractivity contribution is 0.0649. The molecule has 2 aliphatic rings. The zero-order valence-electron chi connectivity index (χ0n) is 18.3. The highest BCUT2D eigenvalue weighted by molar-refractivity contribution is 6.35. The number of likely N-dealkylation sites (tertiary alicyclic amines) is 2. The summed E-state index contributed by atoms with van der Waals surface area (Å²) in [5.41, 5.74) is 2.43. The molecule has 2 saturated heterocycles. The SMILES string of the molecule is CN1CCCC(c2c(C(=O)N3CCC3)c(Cl)cc3c2ccn3-c2cc(NC(=O)O)ncn2)C1. The van der Waals surface area contributed by atoms with Gasteiger partial charge in [0.2, 0.25) is 0 Å². The van der Waals surface area contributed by atoms with Crippen LogP contribution in [0.4, 0.5) is 10.6 Å². The van der Waals surface area contributed by atoms with Crippen molar-refractivity contribution < 1.29 is 14.7 Å². The van der Waals surface area contributed by atoms with E-state index in [1.54, 1.807) is 6.07 Å². The standard InChI is InChI=1S/C23H25ClN6O3/c1-28-6-2-4-14(12-28)20-15-5-9-30(19-11-18(25-13-26-19)27-23(32)33)17(15)10-16(24)21(20)22(31)29-7-3-8-29/h5,9-11,13-14H,2-4,6-8,12H2,1H3,(H,32,33)(H,25,26,27). The summed E-state index contributed by atoms with van der Waals surface area (Å²) in [5, 5.41) is 12.7. The fourth-order valence-corrected chi connectivity index (χ4v) is 5.14. The topological polar surface area (TPSA) is 104 Å². The van der Waals surface area contributed by atoms with E-state index in [2.05, 4.69) is 27.2 Å². The molecule has 2 aromatic heterocycles. The third-order valence-electron chi connectivity index (χ3n) is 6.51. The van der Waals surface area contributed by atoms with Crippen LogP contribution in [0.2, 0.25) is 5.02 Å². The normalized spacial score (nSPS) is 18.8. The molecule has 4 heterocycles. The Balaban J connectivity index is 1.67. The molecule has 2 fully saturated rings. The maximum absolute atomic E-state index is 13.4. The number of piperidine rings is 1. The average Bonchev–Trinajstić information content (AvgIpc) is 3.14. The van der Waals surface area contributed by atoms with Gasteiger partial charge >= 0.3 is 6.09 Å². The van der Waals surface area contributed by atoms with Crippen molar-refractivity contribution in [3.05, 3.63) is 46.9 Å². The molecule has 33 heavy (non-hydrogen) atoms. The van der Waals surface area contributed by atoms with Gasteiger partial charge < -0.3 is 19.5 Å². The molecule has 0 spiro atoms. The maximum atomic E-state index is 13.4. The van der Waals surface area contributed by atoms with Crippen LogP contribution in [0.1, 0.15) is 41.1 Å². The van der Waals surface area contributed by atoms with E-state index in [9.17, 15) is 9.59 Å². The van der Waals surface area contributed by atoms with Gasteiger partial charge in [-0.05, 0) is 56.5 Å². The summed E-state index contributed by atoms with van der Waals surface area (Å²) in [6.07, 6.45) is 5.06. The molecule has 9 nitrogen and oxygen atoms in total. The zero-order valence-corrected chi connectivity index (χ0v) is 19.0.